The van der Waals surface area contributed by atoms with Crippen LogP contribution in [0.5, 0.6) is 5.75 Å². The van der Waals surface area contributed by atoms with Crippen LogP contribution in [0.15, 0.2) is 36.7 Å². The van der Waals surface area contributed by atoms with E-state index in [2.05, 4.69) is 20.2 Å². The van der Waals surface area contributed by atoms with Crippen molar-refractivity contribution in [2.45, 2.75) is 20.0 Å². The van der Waals surface area contributed by atoms with Gasteiger partial charge in [0.15, 0.2) is 0 Å². The van der Waals surface area contributed by atoms with Crippen LogP contribution in [0.25, 0.3) is 0 Å². The Hall–Kier alpha value is -2.67. The number of ether oxygens (including phenoxy) is 2. The number of aromatic nitrogens is 2. The molecule has 7 nitrogen and oxygen atoms in total. The van der Waals surface area contributed by atoms with Gasteiger partial charge in [-0.05, 0) is 26.0 Å². The van der Waals surface area contributed by atoms with Crippen molar-refractivity contribution in [3.8, 4) is 5.75 Å². The van der Waals surface area contributed by atoms with Gasteiger partial charge in [-0.15, -0.1) is 0 Å². The second-order valence-electron chi connectivity index (χ2n) is 5.98. The normalized spacial score (nSPS) is 14.4. The Morgan fingerprint density at radius 2 is 1.96 bits per heavy atom. The lowest BCUT2D eigenvalue weighted by molar-refractivity contribution is 0.102. The number of hydrogen-bond acceptors (Lipinski definition) is 6. The first-order chi connectivity index (χ1) is 12.1. The van der Waals surface area contributed by atoms with Crippen molar-refractivity contribution in [3.63, 3.8) is 0 Å². The number of para-hydroxylation sites is 2. The average Bonchev–Trinajstić information content (AvgIpc) is 2.64. The highest BCUT2D eigenvalue weighted by molar-refractivity contribution is 6.03. The van der Waals surface area contributed by atoms with Crippen LogP contribution in [0.2, 0.25) is 0 Å². The van der Waals surface area contributed by atoms with Crippen LogP contribution in [0.4, 0.5) is 11.5 Å². The zero-order valence-corrected chi connectivity index (χ0v) is 14.4. The Balaban J connectivity index is 1.69. The summed E-state index contributed by atoms with van der Waals surface area (Å²) in [6, 6.07) is 7.33. The van der Waals surface area contributed by atoms with E-state index in [1.807, 2.05) is 32.0 Å². The van der Waals surface area contributed by atoms with Crippen LogP contribution in [0, 0.1) is 0 Å². The van der Waals surface area contributed by atoms with Gasteiger partial charge in [0, 0.05) is 13.1 Å². The standard InChI is InChI=1S/C18H22N4O3/c1-13(2)25-16-6-4-3-5-14(16)21-18(23)15-11-20-17(12-19-15)22-7-9-24-10-8-22/h3-6,11-13H,7-10H2,1-2H3,(H,21,23). The molecule has 0 atom stereocenters. The van der Waals surface area contributed by atoms with Crippen molar-refractivity contribution < 1.29 is 14.3 Å². The Bertz CT molecular complexity index is 713. The van der Waals surface area contributed by atoms with Gasteiger partial charge in [0.1, 0.15) is 17.3 Å². The van der Waals surface area contributed by atoms with E-state index in [1.165, 1.54) is 6.20 Å². The van der Waals surface area contributed by atoms with Gasteiger partial charge in [-0.25, -0.2) is 9.97 Å². The lowest BCUT2D eigenvalue weighted by Crippen LogP contribution is -2.36. The van der Waals surface area contributed by atoms with Crippen molar-refractivity contribution in [2.75, 3.05) is 36.5 Å². The predicted octanol–water partition coefficient (Wildman–Crippen LogP) is 2.35. The molecule has 2 heterocycles. The fourth-order valence-corrected chi connectivity index (χ4v) is 2.51. The number of nitrogens with one attached hydrogen (secondary N) is 1. The number of carbonyl (C=O) groups excluding carboxylic acids is 1. The van der Waals surface area contributed by atoms with Crippen LogP contribution in [0.3, 0.4) is 0 Å². The maximum atomic E-state index is 12.4. The minimum Gasteiger partial charge on any atom is -0.489 e. The zero-order chi connectivity index (χ0) is 17.6. The van der Waals surface area contributed by atoms with Gasteiger partial charge < -0.3 is 19.7 Å². The molecule has 1 aliphatic heterocycles. The van der Waals surface area contributed by atoms with Crippen molar-refractivity contribution >= 4 is 17.4 Å². The molecular formula is C18H22N4O3. The van der Waals surface area contributed by atoms with Crippen LogP contribution in [-0.2, 0) is 4.74 Å². The minimum absolute atomic E-state index is 0.0191. The zero-order valence-electron chi connectivity index (χ0n) is 14.4. The highest BCUT2D eigenvalue weighted by atomic mass is 16.5. The third kappa shape index (κ3) is 4.45. The van der Waals surface area contributed by atoms with Gasteiger partial charge in [0.05, 0.1) is 37.4 Å². The number of amides is 1. The van der Waals surface area contributed by atoms with Crippen LogP contribution < -0.4 is 15.0 Å². The average molecular weight is 342 g/mol. The first-order valence-corrected chi connectivity index (χ1v) is 8.35. The van der Waals surface area contributed by atoms with E-state index < -0.39 is 0 Å². The Labute approximate surface area is 147 Å². The summed E-state index contributed by atoms with van der Waals surface area (Å²) in [5.41, 5.74) is 0.872. The van der Waals surface area contributed by atoms with Crippen molar-refractivity contribution in [1.82, 2.24) is 9.97 Å². The quantitative estimate of drug-likeness (QED) is 0.899. The first-order valence-electron chi connectivity index (χ1n) is 8.35. The molecule has 1 aromatic heterocycles. The van der Waals surface area contributed by atoms with E-state index in [9.17, 15) is 4.79 Å². The first kappa shape index (κ1) is 17.2. The van der Waals surface area contributed by atoms with E-state index in [1.54, 1.807) is 12.3 Å². The molecule has 0 radical (unpaired) electrons. The molecule has 0 saturated carbocycles. The smallest absolute Gasteiger partial charge is 0.275 e. The van der Waals surface area contributed by atoms with Crippen LogP contribution in [-0.4, -0.2) is 48.3 Å². The summed E-state index contributed by atoms with van der Waals surface area (Å²) in [6.45, 7) is 6.79. The molecule has 7 heteroatoms. The number of benzene rings is 1. The molecule has 1 aromatic carbocycles. The summed E-state index contributed by atoms with van der Waals surface area (Å²) in [7, 11) is 0. The fourth-order valence-electron chi connectivity index (χ4n) is 2.51. The molecule has 2 aromatic rings. The summed E-state index contributed by atoms with van der Waals surface area (Å²) in [6.07, 6.45) is 3.13. The summed E-state index contributed by atoms with van der Waals surface area (Å²) >= 11 is 0. The Morgan fingerprint density at radius 1 is 1.20 bits per heavy atom. The Kier molecular flexibility index (Phi) is 5.45. The van der Waals surface area contributed by atoms with Gasteiger partial charge in [0.2, 0.25) is 0 Å². The summed E-state index contributed by atoms with van der Waals surface area (Å²) in [5.74, 6) is 1.06. The summed E-state index contributed by atoms with van der Waals surface area (Å²) in [4.78, 5) is 23.1. The van der Waals surface area contributed by atoms with E-state index in [0.717, 1.165) is 18.9 Å². The molecular weight excluding hydrogens is 320 g/mol. The number of nitrogens with zero attached hydrogens (tertiary/aromatic N) is 3. The van der Waals surface area contributed by atoms with E-state index in [-0.39, 0.29) is 17.7 Å². The largest absolute Gasteiger partial charge is 0.489 e. The number of carbonyl (C=O) groups is 1. The number of morpholine rings is 1. The van der Waals surface area contributed by atoms with Crippen LogP contribution in [0.1, 0.15) is 24.3 Å². The second-order valence-corrected chi connectivity index (χ2v) is 5.98. The third-order valence-corrected chi connectivity index (χ3v) is 3.70. The van der Waals surface area contributed by atoms with E-state index >= 15 is 0 Å². The van der Waals surface area contributed by atoms with E-state index in [4.69, 9.17) is 9.47 Å². The molecule has 1 amide bonds. The van der Waals surface area contributed by atoms with Crippen molar-refractivity contribution in [3.05, 3.63) is 42.4 Å². The maximum Gasteiger partial charge on any atom is 0.275 e. The molecule has 0 aliphatic carbocycles. The molecule has 3 rings (SSSR count). The molecule has 132 valence electrons. The predicted molar refractivity (Wildman–Crippen MR) is 95.2 cm³/mol. The van der Waals surface area contributed by atoms with E-state index in [0.29, 0.717) is 24.7 Å². The minimum atomic E-state index is -0.319. The van der Waals surface area contributed by atoms with Gasteiger partial charge in [0.25, 0.3) is 5.91 Å². The molecule has 0 unspecified atom stereocenters. The molecule has 0 spiro atoms. The number of anilines is 2. The molecule has 1 fully saturated rings. The van der Waals surface area contributed by atoms with Crippen LogP contribution >= 0.6 is 0 Å². The molecule has 25 heavy (non-hydrogen) atoms. The molecule has 1 saturated heterocycles. The van der Waals surface area contributed by atoms with Crippen molar-refractivity contribution in [1.29, 1.82) is 0 Å². The van der Waals surface area contributed by atoms with Gasteiger partial charge in [-0.1, -0.05) is 12.1 Å². The molecule has 0 bridgehead atoms. The highest BCUT2D eigenvalue weighted by Gasteiger charge is 2.15. The SMILES string of the molecule is CC(C)Oc1ccccc1NC(=O)c1cnc(N2CCOCC2)cn1. The lowest BCUT2D eigenvalue weighted by atomic mass is 10.2. The highest BCUT2D eigenvalue weighted by Crippen LogP contribution is 2.25. The van der Waals surface area contributed by atoms with Gasteiger partial charge in [-0.2, -0.15) is 0 Å². The Morgan fingerprint density at radius 3 is 2.64 bits per heavy atom. The summed E-state index contributed by atoms with van der Waals surface area (Å²) in [5, 5.41) is 2.83. The van der Waals surface area contributed by atoms with Crippen molar-refractivity contribution in [2.24, 2.45) is 0 Å². The van der Waals surface area contributed by atoms with Gasteiger partial charge >= 0.3 is 0 Å². The maximum absolute atomic E-state index is 12.4. The molecule has 1 N–H and O–H groups in total. The number of rotatable bonds is 5. The lowest BCUT2D eigenvalue weighted by Gasteiger charge is -2.27. The number of hydrogen-bond donors (Lipinski definition) is 1. The summed E-state index contributed by atoms with van der Waals surface area (Å²) < 4.78 is 11.0. The van der Waals surface area contributed by atoms with Gasteiger partial charge in [-0.3, -0.25) is 4.79 Å². The fraction of sp³-hybridized carbons (Fsp3) is 0.389. The topological polar surface area (TPSA) is 76.6 Å². The second kappa shape index (κ2) is 7.94. The monoisotopic (exact) mass is 342 g/mol. The third-order valence-electron chi connectivity index (χ3n) is 3.70. The molecule has 1 aliphatic rings.